The van der Waals surface area contributed by atoms with E-state index in [2.05, 4.69) is 15.6 Å². The van der Waals surface area contributed by atoms with Crippen LogP contribution >= 0.6 is 0 Å². The van der Waals surface area contributed by atoms with Crippen molar-refractivity contribution >= 4 is 23.5 Å². The second-order valence-corrected chi connectivity index (χ2v) is 6.58. The summed E-state index contributed by atoms with van der Waals surface area (Å²) in [5.41, 5.74) is 1.45. The fourth-order valence-electron chi connectivity index (χ4n) is 3.19. The van der Waals surface area contributed by atoms with Crippen LogP contribution in [0.15, 0.2) is 12.3 Å². The van der Waals surface area contributed by atoms with Gasteiger partial charge in [0.25, 0.3) is 5.91 Å². The fraction of sp³-hybridized carbons (Fsp3) is 0.529. The van der Waals surface area contributed by atoms with Gasteiger partial charge in [-0.1, -0.05) is 0 Å². The molecule has 8 heteroatoms. The lowest BCUT2D eigenvalue weighted by atomic mass is 10.0. The van der Waals surface area contributed by atoms with E-state index in [9.17, 15) is 14.4 Å². The molecule has 0 bridgehead atoms. The Bertz CT molecular complexity index is 704. The van der Waals surface area contributed by atoms with Crippen LogP contribution in [0.2, 0.25) is 0 Å². The summed E-state index contributed by atoms with van der Waals surface area (Å²) >= 11 is 0. The van der Waals surface area contributed by atoms with Crippen molar-refractivity contribution in [1.29, 1.82) is 0 Å². The Morgan fingerprint density at radius 1 is 1.44 bits per heavy atom. The van der Waals surface area contributed by atoms with Gasteiger partial charge >= 0.3 is 0 Å². The first-order valence-corrected chi connectivity index (χ1v) is 8.49. The number of nitrogens with one attached hydrogen (secondary N) is 2. The van der Waals surface area contributed by atoms with Crippen molar-refractivity contribution in [2.45, 2.75) is 25.3 Å². The van der Waals surface area contributed by atoms with Crippen LogP contribution < -0.4 is 10.6 Å². The third-order valence-corrected chi connectivity index (χ3v) is 4.63. The maximum Gasteiger partial charge on any atom is 0.252 e. The number of anilines is 1. The number of hydrogen-bond donors (Lipinski definition) is 2. The van der Waals surface area contributed by atoms with Crippen LogP contribution in [-0.2, 0) is 16.0 Å². The molecule has 1 fully saturated rings. The summed E-state index contributed by atoms with van der Waals surface area (Å²) in [4.78, 5) is 44.3. The Morgan fingerprint density at radius 2 is 2.24 bits per heavy atom. The highest BCUT2D eigenvalue weighted by atomic mass is 16.2. The van der Waals surface area contributed by atoms with E-state index >= 15 is 0 Å². The van der Waals surface area contributed by atoms with E-state index in [-0.39, 0.29) is 24.3 Å². The van der Waals surface area contributed by atoms with Crippen molar-refractivity contribution < 1.29 is 14.4 Å². The monoisotopic (exact) mass is 345 g/mol. The molecule has 1 unspecified atom stereocenters. The van der Waals surface area contributed by atoms with Crippen LogP contribution in [0.3, 0.4) is 0 Å². The molecule has 8 nitrogen and oxygen atoms in total. The lowest BCUT2D eigenvalue weighted by molar-refractivity contribution is -0.142. The molecule has 0 saturated carbocycles. The van der Waals surface area contributed by atoms with Gasteiger partial charge in [-0.05, 0) is 25.3 Å². The molecule has 1 aromatic rings. The number of piperidine rings is 1. The highest BCUT2D eigenvalue weighted by Crippen LogP contribution is 2.23. The second-order valence-electron chi connectivity index (χ2n) is 6.58. The van der Waals surface area contributed by atoms with Crippen LogP contribution in [0, 0.1) is 0 Å². The van der Waals surface area contributed by atoms with E-state index in [1.165, 1.54) is 9.80 Å². The zero-order valence-corrected chi connectivity index (χ0v) is 14.5. The molecular weight excluding hydrogens is 322 g/mol. The average Bonchev–Trinajstić information content (AvgIpc) is 3.06. The van der Waals surface area contributed by atoms with Gasteiger partial charge in [-0.3, -0.25) is 14.4 Å². The summed E-state index contributed by atoms with van der Waals surface area (Å²) in [6.45, 7) is 1.35. The van der Waals surface area contributed by atoms with Crippen LogP contribution in [0.1, 0.15) is 28.8 Å². The molecule has 1 atom stereocenters. The first-order chi connectivity index (χ1) is 12.0. The van der Waals surface area contributed by atoms with Crippen molar-refractivity contribution in [1.82, 2.24) is 20.1 Å². The lowest BCUT2D eigenvalue weighted by Gasteiger charge is -2.32. The third-order valence-electron chi connectivity index (χ3n) is 4.63. The molecule has 134 valence electrons. The Hall–Kier alpha value is -2.64. The molecule has 3 amide bonds. The molecule has 0 radical (unpaired) electrons. The van der Waals surface area contributed by atoms with E-state index in [4.69, 9.17) is 0 Å². The van der Waals surface area contributed by atoms with Gasteiger partial charge in [0.05, 0.1) is 6.54 Å². The van der Waals surface area contributed by atoms with Gasteiger partial charge in [0.1, 0.15) is 11.9 Å². The molecule has 2 N–H and O–H groups in total. The third kappa shape index (κ3) is 3.57. The SMILES string of the molecule is CN(C)C(=O)CN1CCCC(NC(=O)c2ccnc3c2CCN3)C1=O. The predicted octanol–water partition coefficient (Wildman–Crippen LogP) is -0.141. The maximum atomic E-state index is 12.6. The summed E-state index contributed by atoms with van der Waals surface area (Å²) < 4.78 is 0. The van der Waals surface area contributed by atoms with Gasteiger partial charge in [0.2, 0.25) is 11.8 Å². The van der Waals surface area contributed by atoms with E-state index in [0.29, 0.717) is 18.5 Å². The number of carbonyl (C=O) groups excluding carboxylic acids is 3. The second kappa shape index (κ2) is 7.08. The van der Waals surface area contributed by atoms with Crippen LogP contribution in [-0.4, -0.2) is 72.3 Å². The molecule has 0 aliphatic carbocycles. The number of carbonyl (C=O) groups is 3. The highest BCUT2D eigenvalue weighted by Gasteiger charge is 2.32. The molecule has 25 heavy (non-hydrogen) atoms. The van der Waals surface area contributed by atoms with Crippen molar-refractivity contribution in [3.8, 4) is 0 Å². The summed E-state index contributed by atoms with van der Waals surface area (Å²) in [5, 5.41) is 5.98. The standard InChI is InChI=1S/C17H23N5O3/c1-21(2)14(23)10-22-9-3-4-13(17(22)25)20-16(24)12-6-8-19-15-11(12)5-7-18-15/h6,8,13H,3-5,7,9-10H2,1-2H3,(H,18,19)(H,20,24). The zero-order valence-electron chi connectivity index (χ0n) is 14.5. The first kappa shape index (κ1) is 17.2. The van der Waals surface area contributed by atoms with E-state index in [1.807, 2.05) is 0 Å². The van der Waals surface area contributed by atoms with Gasteiger partial charge in [0, 0.05) is 44.5 Å². The minimum Gasteiger partial charge on any atom is -0.369 e. The molecule has 1 saturated heterocycles. The Morgan fingerprint density at radius 3 is 3.00 bits per heavy atom. The topological polar surface area (TPSA) is 94.6 Å². The number of amides is 3. The van der Waals surface area contributed by atoms with Crippen LogP contribution in [0.25, 0.3) is 0 Å². The smallest absolute Gasteiger partial charge is 0.252 e. The lowest BCUT2D eigenvalue weighted by Crippen LogP contribution is -2.54. The van der Waals surface area contributed by atoms with Crippen LogP contribution in [0.4, 0.5) is 5.82 Å². The molecule has 3 rings (SSSR count). The molecule has 2 aliphatic heterocycles. The Labute approximate surface area is 146 Å². The maximum absolute atomic E-state index is 12.6. The predicted molar refractivity (Wildman–Crippen MR) is 92.2 cm³/mol. The molecule has 2 aliphatic rings. The first-order valence-electron chi connectivity index (χ1n) is 8.49. The average molecular weight is 345 g/mol. The highest BCUT2D eigenvalue weighted by molar-refractivity contribution is 6.00. The molecular formula is C17H23N5O3. The number of likely N-dealkylation sites (tertiary alicyclic amines) is 1. The minimum atomic E-state index is -0.589. The van der Waals surface area contributed by atoms with Gasteiger partial charge in [-0.15, -0.1) is 0 Å². The number of likely N-dealkylation sites (N-methyl/N-ethyl adjacent to an activating group) is 1. The quantitative estimate of drug-likeness (QED) is 0.792. The van der Waals surface area contributed by atoms with Gasteiger partial charge in [-0.2, -0.15) is 0 Å². The van der Waals surface area contributed by atoms with Crippen molar-refractivity contribution in [2.24, 2.45) is 0 Å². The van der Waals surface area contributed by atoms with Crippen molar-refractivity contribution in [3.05, 3.63) is 23.4 Å². The van der Waals surface area contributed by atoms with Crippen molar-refractivity contribution in [2.75, 3.05) is 39.0 Å². The van der Waals surface area contributed by atoms with Gasteiger partial charge in [-0.25, -0.2) is 4.98 Å². The Balaban J connectivity index is 1.68. The minimum absolute atomic E-state index is 0.0484. The summed E-state index contributed by atoms with van der Waals surface area (Å²) in [5.74, 6) is 0.152. The summed E-state index contributed by atoms with van der Waals surface area (Å²) in [6, 6.07) is 1.09. The molecule has 0 aromatic carbocycles. The zero-order chi connectivity index (χ0) is 18.0. The number of fused-ring (bicyclic) bond motifs is 1. The molecule has 0 spiro atoms. The van der Waals surface area contributed by atoms with E-state index in [1.54, 1.807) is 26.4 Å². The largest absolute Gasteiger partial charge is 0.369 e. The molecule has 1 aromatic heterocycles. The van der Waals surface area contributed by atoms with Crippen LogP contribution in [0.5, 0.6) is 0 Å². The van der Waals surface area contributed by atoms with Gasteiger partial charge in [0.15, 0.2) is 0 Å². The normalized spacial score (nSPS) is 19.2. The Kier molecular flexibility index (Phi) is 4.87. The number of rotatable bonds is 4. The van der Waals surface area contributed by atoms with E-state index < -0.39 is 6.04 Å². The summed E-state index contributed by atoms with van der Waals surface area (Å²) in [7, 11) is 3.32. The van der Waals surface area contributed by atoms with Crippen molar-refractivity contribution in [3.63, 3.8) is 0 Å². The fourth-order valence-corrected chi connectivity index (χ4v) is 3.19. The number of aromatic nitrogens is 1. The van der Waals surface area contributed by atoms with Gasteiger partial charge < -0.3 is 20.4 Å². The number of hydrogen-bond acceptors (Lipinski definition) is 5. The molecule has 3 heterocycles. The number of pyridine rings is 1. The van der Waals surface area contributed by atoms with E-state index in [0.717, 1.165) is 30.8 Å². The number of nitrogens with zero attached hydrogens (tertiary/aromatic N) is 3. The summed E-state index contributed by atoms with van der Waals surface area (Å²) in [6.07, 6.45) is 3.68.